The molecule has 2 heterocycles. The number of nitrogens with zero attached hydrogens (tertiary/aromatic N) is 2. The molecule has 1 aliphatic rings. The van der Waals surface area contributed by atoms with Gasteiger partial charge < -0.3 is 9.15 Å². The Bertz CT molecular complexity index is 823. The highest BCUT2D eigenvalue weighted by Gasteiger charge is 2.29. The molecular formula is C15H17FN2O4S2. The molecule has 0 amide bonds. The normalized spacial score (nSPS) is 19.5. The van der Waals surface area contributed by atoms with Crippen molar-refractivity contribution in [2.75, 3.05) is 18.6 Å². The number of sulfone groups is 1. The molecule has 2 aromatic rings. The molecule has 1 saturated heterocycles. The van der Waals surface area contributed by atoms with Gasteiger partial charge in [-0.15, -0.1) is 10.2 Å². The average molecular weight is 372 g/mol. The standard InChI is InChI=1S/C15H17FN2O4S2/c1-21-13-3-2-10(6-12(13)16)8-23-15-18-17-14(22-15)7-11-4-5-24(19,20)9-11/h2-3,6,11H,4-5,7-9H2,1H3/t11-/m1/s1. The predicted octanol–water partition coefficient (Wildman–Crippen LogP) is 2.49. The van der Waals surface area contributed by atoms with Gasteiger partial charge in [0.1, 0.15) is 0 Å². The maximum atomic E-state index is 13.6. The second-order valence-corrected chi connectivity index (χ2v) is 8.85. The van der Waals surface area contributed by atoms with E-state index in [-0.39, 0.29) is 23.2 Å². The fourth-order valence-electron chi connectivity index (χ4n) is 2.60. The van der Waals surface area contributed by atoms with Crippen LogP contribution in [0.25, 0.3) is 0 Å². The zero-order valence-electron chi connectivity index (χ0n) is 13.1. The van der Waals surface area contributed by atoms with Gasteiger partial charge in [-0.25, -0.2) is 12.8 Å². The van der Waals surface area contributed by atoms with Crippen LogP contribution in [0.4, 0.5) is 4.39 Å². The van der Waals surface area contributed by atoms with E-state index in [0.717, 1.165) is 5.56 Å². The Balaban J connectivity index is 1.55. The minimum atomic E-state index is -2.91. The Labute approximate surface area is 143 Å². The van der Waals surface area contributed by atoms with Crippen LogP contribution in [0.1, 0.15) is 17.9 Å². The minimum Gasteiger partial charge on any atom is -0.494 e. The maximum Gasteiger partial charge on any atom is 0.276 e. The molecule has 3 rings (SSSR count). The molecule has 24 heavy (non-hydrogen) atoms. The van der Waals surface area contributed by atoms with Crippen molar-refractivity contribution in [3.05, 3.63) is 35.5 Å². The third kappa shape index (κ3) is 4.27. The van der Waals surface area contributed by atoms with Crippen LogP contribution in [0.2, 0.25) is 0 Å². The number of aromatic nitrogens is 2. The quantitative estimate of drug-likeness (QED) is 0.721. The van der Waals surface area contributed by atoms with Gasteiger partial charge in [-0.05, 0) is 30.0 Å². The van der Waals surface area contributed by atoms with Gasteiger partial charge in [-0.2, -0.15) is 0 Å². The molecule has 0 unspecified atom stereocenters. The van der Waals surface area contributed by atoms with Crippen molar-refractivity contribution in [2.45, 2.75) is 23.8 Å². The molecule has 0 saturated carbocycles. The monoisotopic (exact) mass is 372 g/mol. The fourth-order valence-corrected chi connectivity index (χ4v) is 5.19. The first-order valence-corrected chi connectivity index (χ1v) is 10.2. The lowest BCUT2D eigenvalue weighted by Gasteiger charge is -2.04. The molecule has 9 heteroatoms. The van der Waals surface area contributed by atoms with Crippen molar-refractivity contribution in [2.24, 2.45) is 5.92 Å². The first-order valence-electron chi connectivity index (χ1n) is 7.43. The van der Waals surface area contributed by atoms with E-state index < -0.39 is 15.7 Å². The average Bonchev–Trinajstić information content (AvgIpc) is 3.12. The van der Waals surface area contributed by atoms with Crippen molar-refractivity contribution in [3.63, 3.8) is 0 Å². The van der Waals surface area contributed by atoms with E-state index in [1.54, 1.807) is 12.1 Å². The molecule has 0 radical (unpaired) electrons. The lowest BCUT2D eigenvalue weighted by atomic mass is 10.1. The molecule has 0 aliphatic carbocycles. The molecule has 1 aromatic heterocycles. The number of hydrogen-bond acceptors (Lipinski definition) is 7. The van der Waals surface area contributed by atoms with E-state index in [1.807, 2.05) is 0 Å². The number of thioether (sulfide) groups is 1. The van der Waals surface area contributed by atoms with Gasteiger partial charge in [-0.1, -0.05) is 17.8 Å². The molecule has 130 valence electrons. The Hall–Kier alpha value is -1.61. The smallest absolute Gasteiger partial charge is 0.276 e. The van der Waals surface area contributed by atoms with E-state index in [1.165, 1.54) is 24.9 Å². The van der Waals surface area contributed by atoms with Crippen molar-refractivity contribution in [1.82, 2.24) is 10.2 Å². The van der Waals surface area contributed by atoms with Gasteiger partial charge in [0.15, 0.2) is 21.4 Å². The van der Waals surface area contributed by atoms with Crippen molar-refractivity contribution < 1.29 is 22.0 Å². The van der Waals surface area contributed by atoms with Crippen LogP contribution in [0, 0.1) is 11.7 Å². The lowest BCUT2D eigenvalue weighted by Crippen LogP contribution is -2.07. The number of halogens is 1. The summed E-state index contributed by atoms with van der Waals surface area (Å²) in [5.74, 6) is 1.18. The topological polar surface area (TPSA) is 82.3 Å². The van der Waals surface area contributed by atoms with Gasteiger partial charge in [0, 0.05) is 12.2 Å². The van der Waals surface area contributed by atoms with Crippen molar-refractivity contribution in [1.29, 1.82) is 0 Å². The van der Waals surface area contributed by atoms with E-state index in [9.17, 15) is 12.8 Å². The summed E-state index contributed by atoms with van der Waals surface area (Å²) in [6, 6.07) is 4.76. The molecular weight excluding hydrogens is 355 g/mol. The highest BCUT2D eigenvalue weighted by atomic mass is 32.2. The van der Waals surface area contributed by atoms with Crippen LogP contribution in [0.15, 0.2) is 27.8 Å². The predicted molar refractivity (Wildman–Crippen MR) is 87.3 cm³/mol. The fraction of sp³-hybridized carbons (Fsp3) is 0.467. The van der Waals surface area contributed by atoms with Crippen LogP contribution in [-0.4, -0.2) is 37.2 Å². The minimum absolute atomic E-state index is 0.0454. The largest absolute Gasteiger partial charge is 0.494 e. The molecule has 1 aliphatic heterocycles. The third-order valence-corrected chi connectivity index (χ3v) is 6.54. The molecule has 0 N–H and O–H groups in total. The molecule has 1 fully saturated rings. The molecule has 0 bridgehead atoms. The molecule has 0 spiro atoms. The Morgan fingerprint density at radius 1 is 1.42 bits per heavy atom. The van der Waals surface area contributed by atoms with Crippen molar-refractivity contribution in [3.8, 4) is 5.75 Å². The van der Waals surface area contributed by atoms with Crippen LogP contribution in [0.5, 0.6) is 5.75 Å². The Morgan fingerprint density at radius 3 is 2.92 bits per heavy atom. The number of benzene rings is 1. The first kappa shape index (κ1) is 17.2. The summed E-state index contributed by atoms with van der Waals surface area (Å²) in [6.07, 6.45) is 1.11. The van der Waals surface area contributed by atoms with E-state index in [0.29, 0.717) is 29.7 Å². The SMILES string of the molecule is COc1ccc(CSc2nnc(C[C@H]3CCS(=O)(=O)C3)o2)cc1F. The zero-order chi connectivity index (χ0) is 17.2. The first-order chi connectivity index (χ1) is 11.4. The summed E-state index contributed by atoms with van der Waals surface area (Å²) < 4.78 is 47.0. The van der Waals surface area contributed by atoms with Crippen molar-refractivity contribution >= 4 is 21.6 Å². The van der Waals surface area contributed by atoms with E-state index in [4.69, 9.17) is 9.15 Å². The summed E-state index contributed by atoms with van der Waals surface area (Å²) in [7, 11) is -1.49. The van der Waals surface area contributed by atoms with Gasteiger partial charge >= 0.3 is 0 Å². The number of ether oxygens (including phenoxy) is 1. The highest BCUT2D eigenvalue weighted by molar-refractivity contribution is 7.98. The van der Waals surface area contributed by atoms with Gasteiger partial charge in [0.2, 0.25) is 5.89 Å². The van der Waals surface area contributed by atoms with Gasteiger partial charge in [0.25, 0.3) is 5.22 Å². The van der Waals surface area contributed by atoms with E-state index in [2.05, 4.69) is 10.2 Å². The maximum absolute atomic E-state index is 13.6. The zero-order valence-corrected chi connectivity index (χ0v) is 14.7. The van der Waals surface area contributed by atoms with Crippen LogP contribution < -0.4 is 4.74 Å². The second-order valence-electron chi connectivity index (χ2n) is 5.69. The van der Waals surface area contributed by atoms with Gasteiger partial charge in [0.05, 0.1) is 18.6 Å². The van der Waals surface area contributed by atoms with Gasteiger partial charge in [-0.3, -0.25) is 0 Å². The molecule has 6 nitrogen and oxygen atoms in total. The summed E-state index contributed by atoms with van der Waals surface area (Å²) in [6.45, 7) is 0. The highest BCUT2D eigenvalue weighted by Crippen LogP contribution is 2.27. The Morgan fingerprint density at radius 2 is 2.25 bits per heavy atom. The number of rotatable bonds is 6. The second kappa shape index (κ2) is 7.10. The summed E-state index contributed by atoms with van der Waals surface area (Å²) in [4.78, 5) is 0. The van der Waals surface area contributed by atoms with Crippen LogP contribution >= 0.6 is 11.8 Å². The van der Waals surface area contributed by atoms with Crippen LogP contribution in [-0.2, 0) is 22.0 Å². The number of hydrogen-bond donors (Lipinski definition) is 0. The van der Waals surface area contributed by atoms with Crippen LogP contribution in [0.3, 0.4) is 0 Å². The molecule has 1 aromatic carbocycles. The van der Waals surface area contributed by atoms with E-state index >= 15 is 0 Å². The lowest BCUT2D eigenvalue weighted by molar-refractivity contribution is 0.386. The third-order valence-electron chi connectivity index (χ3n) is 3.82. The summed E-state index contributed by atoms with van der Waals surface area (Å²) >= 11 is 1.31. The summed E-state index contributed by atoms with van der Waals surface area (Å²) in [5.41, 5.74) is 0.778. The number of methoxy groups -OCH3 is 1. The molecule has 1 atom stereocenters. The Kier molecular flexibility index (Phi) is 5.09. The summed E-state index contributed by atoms with van der Waals surface area (Å²) in [5, 5.41) is 8.29.